The van der Waals surface area contributed by atoms with Gasteiger partial charge in [-0.05, 0) is 18.4 Å². The van der Waals surface area contributed by atoms with Crippen molar-refractivity contribution in [3.8, 4) is 0 Å². The average Bonchev–Trinajstić information content (AvgIpc) is 1.96. The standard InChI is InChI=1S/C5H9NO4S2/c1-11-3-2-4(5(7)8)6-12(9)10/h4H,2-3H2,1H3,(H,7,8)/t4-/m1/s1. The first-order valence-corrected chi connectivity index (χ1v) is 5.52. The second-order valence-electron chi connectivity index (χ2n) is 1.96. The van der Waals surface area contributed by atoms with E-state index in [1.54, 1.807) is 0 Å². The lowest BCUT2D eigenvalue weighted by atomic mass is 10.2. The van der Waals surface area contributed by atoms with Gasteiger partial charge in [0, 0.05) is 0 Å². The third-order valence-electron chi connectivity index (χ3n) is 1.09. The van der Waals surface area contributed by atoms with E-state index in [-0.39, 0.29) is 6.42 Å². The third kappa shape index (κ3) is 5.14. The molecule has 1 atom stereocenters. The van der Waals surface area contributed by atoms with Crippen LogP contribution in [0, 0.1) is 0 Å². The smallest absolute Gasteiger partial charge is 0.329 e. The van der Waals surface area contributed by atoms with E-state index in [2.05, 4.69) is 4.36 Å². The highest BCUT2D eigenvalue weighted by Crippen LogP contribution is 2.04. The Balaban J connectivity index is 4.25. The minimum Gasteiger partial charge on any atom is -0.480 e. The van der Waals surface area contributed by atoms with Gasteiger partial charge in [-0.3, -0.25) is 0 Å². The molecule has 0 saturated heterocycles. The van der Waals surface area contributed by atoms with Crippen LogP contribution in [0.2, 0.25) is 0 Å². The third-order valence-corrected chi connectivity index (χ3v) is 2.16. The largest absolute Gasteiger partial charge is 0.480 e. The summed E-state index contributed by atoms with van der Waals surface area (Å²) in [5.74, 6) is -0.620. The van der Waals surface area contributed by atoms with Crippen LogP contribution in [0.25, 0.3) is 0 Å². The molecule has 0 unspecified atom stereocenters. The molecule has 12 heavy (non-hydrogen) atoms. The van der Waals surface area contributed by atoms with Crippen molar-refractivity contribution in [2.45, 2.75) is 12.5 Å². The highest BCUT2D eigenvalue weighted by molar-refractivity contribution is 7.98. The van der Waals surface area contributed by atoms with Crippen LogP contribution < -0.4 is 0 Å². The van der Waals surface area contributed by atoms with E-state index in [1.807, 2.05) is 6.26 Å². The summed E-state index contributed by atoms with van der Waals surface area (Å²) in [7, 11) is -2.63. The maximum absolute atomic E-state index is 10.4. The predicted octanol–water partition coefficient (Wildman–Crippen LogP) is 0.255. The lowest BCUT2D eigenvalue weighted by molar-refractivity contribution is -0.138. The molecule has 0 bridgehead atoms. The highest BCUT2D eigenvalue weighted by atomic mass is 32.2. The molecule has 5 nitrogen and oxygen atoms in total. The Bertz CT molecular complexity index is 263. The molecule has 0 heterocycles. The second kappa shape index (κ2) is 6.01. The highest BCUT2D eigenvalue weighted by Gasteiger charge is 2.15. The van der Waals surface area contributed by atoms with Crippen molar-refractivity contribution in [3.05, 3.63) is 0 Å². The van der Waals surface area contributed by atoms with Gasteiger partial charge in [0.25, 0.3) is 0 Å². The molecule has 7 heteroatoms. The first-order chi connectivity index (χ1) is 5.57. The minimum atomic E-state index is -2.63. The monoisotopic (exact) mass is 211 g/mol. The van der Waals surface area contributed by atoms with Gasteiger partial charge in [-0.15, -0.1) is 0 Å². The number of thioether (sulfide) groups is 1. The fourth-order valence-corrected chi connectivity index (χ4v) is 1.42. The van der Waals surface area contributed by atoms with Crippen molar-refractivity contribution in [1.82, 2.24) is 0 Å². The molecule has 0 aliphatic carbocycles. The maximum Gasteiger partial charge on any atom is 0.329 e. The molecule has 0 amide bonds. The fraction of sp³-hybridized carbons (Fsp3) is 0.800. The van der Waals surface area contributed by atoms with Crippen LogP contribution in [0.15, 0.2) is 4.36 Å². The SMILES string of the molecule is CSCC[C@@H](N=S(=O)=O)C(=O)O. The zero-order valence-electron chi connectivity index (χ0n) is 6.43. The Morgan fingerprint density at radius 1 is 1.67 bits per heavy atom. The Kier molecular flexibility index (Phi) is 5.73. The molecule has 0 saturated carbocycles. The molecular weight excluding hydrogens is 202 g/mol. The molecule has 0 aliphatic heterocycles. The number of hydrogen-bond donors (Lipinski definition) is 1. The summed E-state index contributed by atoms with van der Waals surface area (Å²) in [6, 6.07) is -1.13. The summed E-state index contributed by atoms with van der Waals surface area (Å²) < 4.78 is 23.1. The first-order valence-electron chi connectivity index (χ1n) is 3.10. The summed E-state index contributed by atoms with van der Waals surface area (Å²) in [6.07, 6.45) is 2.05. The van der Waals surface area contributed by atoms with Crippen LogP contribution in [0.3, 0.4) is 0 Å². The number of rotatable bonds is 5. The van der Waals surface area contributed by atoms with Gasteiger partial charge in [-0.1, -0.05) is 0 Å². The Morgan fingerprint density at radius 3 is 2.58 bits per heavy atom. The Morgan fingerprint density at radius 2 is 2.25 bits per heavy atom. The van der Waals surface area contributed by atoms with Gasteiger partial charge >= 0.3 is 16.5 Å². The lowest BCUT2D eigenvalue weighted by Crippen LogP contribution is -2.18. The van der Waals surface area contributed by atoms with Crippen molar-refractivity contribution >= 4 is 28.2 Å². The minimum absolute atomic E-state index is 0.241. The number of aliphatic carboxylic acids is 1. The second-order valence-corrected chi connectivity index (χ2v) is 3.59. The fourth-order valence-electron chi connectivity index (χ4n) is 0.555. The zero-order valence-corrected chi connectivity index (χ0v) is 8.06. The van der Waals surface area contributed by atoms with Gasteiger partial charge in [0.15, 0.2) is 6.04 Å². The van der Waals surface area contributed by atoms with E-state index < -0.39 is 22.5 Å². The van der Waals surface area contributed by atoms with E-state index >= 15 is 0 Å². The first kappa shape index (κ1) is 11.4. The van der Waals surface area contributed by atoms with Crippen molar-refractivity contribution in [1.29, 1.82) is 0 Å². The van der Waals surface area contributed by atoms with Gasteiger partial charge in [0.05, 0.1) is 0 Å². The van der Waals surface area contributed by atoms with Crippen LogP contribution in [0.4, 0.5) is 0 Å². The molecule has 0 aromatic carbocycles. The van der Waals surface area contributed by atoms with E-state index in [9.17, 15) is 13.2 Å². The predicted molar refractivity (Wildman–Crippen MR) is 45.8 cm³/mol. The molecule has 0 rings (SSSR count). The molecule has 0 fully saturated rings. The average molecular weight is 211 g/mol. The van der Waals surface area contributed by atoms with Gasteiger partial charge < -0.3 is 5.11 Å². The van der Waals surface area contributed by atoms with E-state index in [0.717, 1.165) is 0 Å². The van der Waals surface area contributed by atoms with Crippen molar-refractivity contribution < 1.29 is 18.3 Å². The van der Waals surface area contributed by atoms with Crippen LogP contribution in [-0.4, -0.2) is 37.5 Å². The summed E-state index contributed by atoms with van der Waals surface area (Å²) in [4.78, 5) is 10.4. The maximum atomic E-state index is 10.4. The number of nitrogens with zero attached hydrogens (tertiary/aromatic N) is 1. The lowest BCUT2D eigenvalue weighted by Gasteiger charge is -2.01. The summed E-state index contributed by atoms with van der Waals surface area (Å²) in [6.45, 7) is 0. The number of carboxylic acids is 1. The Hall–Kier alpha value is -0.560. The van der Waals surface area contributed by atoms with E-state index in [4.69, 9.17) is 5.11 Å². The van der Waals surface area contributed by atoms with Crippen LogP contribution >= 0.6 is 11.8 Å². The van der Waals surface area contributed by atoms with Crippen LogP contribution in [-0.2, 0) is 15.3 Å². The number of carbonyl (C=O) groups is 1. The van der Waals surface area contributed by atoms with Crippen molar-refractivity contribution in [2.75, 3.05) is 12.0 Å². The van der Waals surface area contributed by atoms with Crippen LogP contribution in [0.1, 0.15) is 6.42 Å². The van der Waals surface area contributed by atoms with E-state index in [1.165, 1.54) is 11.8 Å². The molecule has 0 aromatic heterocycles. The Labute approximate surface area is 75.9 Å². The summed E-state index contributed by atoms with van der Waals surface area (Å²) >= 11 is 1.45. The molecule has 0 aliphatic rings. The van der Waals surface area contributed by atoms with Crippen molar-refractivity contribution in [2.24, 2.45) is 4.36 Å². The quantitative estimate of drug-likeness (QED) is 0.705. The number of hydrogen-bond acceptors (Lipinski definition) is 5. The summed E-state index contributed by atoms with van der Waals surface area (Å²) in [5.41, 5.74) is 0. The molecule has 0 radical (unpaired) electrons. The molecular formula is C5H9NO4S2. The van der Waals surface area contributed by atoms with Crippen molar-refractivity contribution in [3.63, 3.8) is 0 Å². The van der Waals surface area contributed by atoms with Gasteiger partial charge in [-0.25, -0.2) is 4.79 Å². The number of carboxylic acid groups (broad SMARTS) is 1. The summed E-state index contributed by atoms with van der Waals surface area (Å²) in [5, 5.41) is 8.47. The van der Waals surface area contributed by atoms with Gasteiger partial charge in [-0.2, -0.15) is 24.5 Å². The molecule has 0 aromatic rings. The molecule has 70 valence electrons. The van der Waals surface area contributed by atoms with Crippen LogP contribution in [0.5, 0.6) is 0 Å². The molecule has 1 N–H and O–H groups in total. The molecule has 0 spiro atoms. The van der Waals surface area contributed by atoms with Gasteiger partial charge in [0.2, 0.25) is 0 Å². The van der Waals surface area contributed by atoms with E-state index in [0.29, 0.717) is 5.75 Å². The topological polar surface area (TPSA) is 83.8 Å². The van der Waals surface area contributed by atoms with Gasteiger partial charge in [0.1, 0.15) is 0 Å². The normalized spacial score (nSPS) is 12.1. The zero-order chi connectivity index (χ0) is 9.56.